The Kier molecular flexibility index (Phi) is 11.5. The summed E-state index contributed by atoms with van der Waals surface area (Å²) in [6.45, 7) is 0.246. The molecule has 0 aliphatic heterocycles. The monoisotopic (exact) mass is 345 g/mol. The van der Waals surface area contributed by atoms with Gasteiger partial charge in [-0.1, -0.05) is 46.3 Å². The van der Waals surface area contributed by atoms with Gasteiger partial charge in [-0.3, -0.25) is 4.79 Å². The summed E-state index contributed by atoms with van der Waals surface area (Å²) in [5, 5.41) is 0.962. The van der Waals surface area contributed by atoms with Crippen LogP contribution in [0.4, 0.5) is 4.79 Å². The average Bonchev–Trinajstić information content (AvgIpc) is 2.47. The normalized spacial score (nSPS) is 9.10. The molecular formula is C14H20BrNO4. The fourth-order valence-electron chi connectivity index (χ4n) is 1.19. The molecular weight excluding hydrogens is 326 g/mol. The van der Waals surface area contributed by atoms with Crippen molar-refractivity contribution in [1.29, 1.82) is 0 Å². The van der Waals surface area contributed by atoms with E-state index in [2.05, 4.69) is 25.4 Å². The molecule has 20 heavy (non-hydrogen) atoms. The van der Waals surface area contributed by atoms with Crippen LogP contribution in [0.5, 0.6) is 0 Å². The van der Waals surface area contributed by atoms with Crippen molar-refractivity contribution in [3.05, 3.63) is 35.9 Å². The van der Waals surface area contributed by atoms with Crippen LogP contribution in [0.3, 0.4) is 0 Å². The maximum atomic E-state index is 10.4. The molecule has 0 bridgehead atoms. The number of unbranched alkanes of at least 4 members (excludes halogenated alkanes) is 1. The van der Waals surface area contributed by atoms with Gasteiger partial charge in [0.15, 0.2) is 0 Å². The number of benzene rings is 1. The number of amides is 1. The van der Waals surface area contributed by atoms with Crippen molar-refractivity contribution in [1.82, 2.24) is 0 Å². The minimum absolute atomic E-state index is 0.115. The molecule has 1 aromatic carbocycles. The van der Waals surface area contributed by atoms with E-state index in [1.54, 1.807) is 0 Å². The number of hydrogen-bond donors (Lipinski definition) is 1. The first-order chi connectivity index (χ1) is 9.60. The molecule has 5 nitrogen and oxygen atoms in total. The molecule has 2 N–H and O–H groups in total. The SMILES string of the molecule is COC(=O)CCCCBr.NC(=O)OCc1ccccc1. The summed E-state index contributed by atoms with van der Waals surface area (Å²) in [5.41, 5.74) is 5.72. The maximum Gasteiger partial charge on any atom is 0.404 e. The fourth-order valence-corrected chi connectivity index (χ4v) is 1.59. The van der Waals surface area contributed by atoms with Gasteiger partial charge in [0.2, 0.25) is 0 Å². The van der Waals surface area contributed by atoms with Gasteiger partial charge in [-0.25, -0.2) is 4.79 Å². The number of carbonyl (C=O) groups excluding carboxylic acids is 2. The highest BCUT2D eigenvalue weighted by Crippen LogP contribution is 1.99. The van der Waals surface area contributed by atoms with Gasteiger partial charge in [0.25, 0.3) is 0 Å². The molecule has 1 aromatic rings. The zero-order valence-corrected chi connectivity index (χ0v) is 13.1. The number of esters is 1. The highest BCUT2D eigenvalue weighted by atomic mass is 79.9. The molecule has 0 saturated carbocycles. The molecule has 0 fully saturated rings. The van der Waals surface area contributed by atoms with E-state index in [1.165, 1.54) is 7.11 Å². The summed E-state index contributed by atoms with van der Waals surface area (Å²) in [4.78, 5) is 20.6. The van der Waals surface area contributed by atoms with Crippen LogP contribution in [0.1, 0.15) is 24.8 Å². The Bertz CT molecular complexity index is 384. The van der Waals surface area contributed by atoms with E-state index in [0.717, 1.165) is 23.7 Å². The standard InChI is InChI=1S/C8H9NO2.C6H11BrO2/c9-8(10)11-6-7-4-2-1-3-5-7;1-9-6(8)4-2-3-5-7/h1-5H,6H2,(H2,9,10);2-5H2,1H3. The summed E-state index contributed by atoms with van der Waals surface area (Å²) in [7, 11) is 1.41. The van der Waals surface area contributed by atoms with Crippen LogP contribution in [-0.2, 0) is 20.9 Å². The van der Waals surface area contributed by atoms with E-state index >= 15 is 0 Å². The van der Waals surface area contributed by atoms with Crippen LogP contribution in [0, 0.1) is 0 Å². The fraction of sp³-hybridized carbons (Fsp3) is 0.429. The molecule has 1 rings (SSSR count). The third-order valence-corrected chi connectivity index (χ3v) is 2.78. The molecule has 0 spiro atoms. The van der Waals surface area contributed by atoms with E-state index in [9.17, 15) is 9.59 Å². The molecule has 0 radical (unpaired) electrons. The van der Waals surface area contributed by atoms with Crippen LogP contribution in [0.15, 0.2) is 30.3 Å². The second kappa shape index (κ2) is 12.5. The molecule has 0 unspecified atom stereocenters. The number of nitrogens with two attached hydrogens (primary N) is 1. The van der Waals surface area contributed by atoms with Gasteiger partial charge in [-0.15, -0.1) is 0 Å². The molecule has 112 valence electrons. The molecule has 6 heteroatoms. The Morgan fingerprint density at radius 2 is 1.85 bits per heavy atom. The van der Waals surface area contributed by atoms with Crippen molar-refractivity contribution < 1.29 is 19.1 Å². The summed E-state index contributed by atoms with van der Waals surface area (Å²) >= 11 is 3.27. The van der Waals surface area contributed by atoms with Crippen molar-refractivity contribution in [2.45, 2.75) is 25.9 Å². The number of carbonyl (C=O) groups is 2. The molecule has 0 aliphatic rings. The smallest absolute Gasteiger partial charge is 0.404 e. The lowest BCUT2D eigenvalue weighted by Gasteiger charge is -1.99. The molecule has 0 aromatic heterocycles. The number of ether oxygens (including phenoxy) is 2. The van der Waals surface area contributed by atoms with Crippen molar-refractivity contribution in [2.75, 3.05) is 12.4 Å². The summed E-state index contributed by atoms with van der Waals surface area (Å²) in [6, 6.07) is 9.37. The van der Waals surface area contributed by atoms with Crippen molar-refractivity contribution in [2.24, 2.45) is 5.73 Å². The van der Waals surface area contributed by atoms with Gasteiger partial charge in [-0.05, 0) is 18.4 Å². The third-order valence-electron chi connectivity index (χ3n) is 2.22. The van der Waals surface area contributed by atoms with E-state index in [1.807, 2.05) is 30.3 Å². The van der Waals surface area contributed by atoms with E-state index in [0.29, 0.717) is 6.42 Å². The van der Waals surface area contributed by atoms with Crippen molar-refractivity contribution in [3.63, 3.8) is 0 Å². The average molecular weight is 346 g/mol. The number of halogens is 1. The van der Waals surface area contributed by atoms with Crippen LogP contribution in [-0.4, -0.2) is 24.5 Å². The molecule has 0 atom stereocenters. The van der Waals surface area contributed by atoms with Crippen LogP contribution >= 0.6 is 15.9 Å². The lowest BCUT2D eigenvalue weighted by atomic mass is 10.2. The molecule has 0 saturated heterocycles. The molecule has 0 heterocycles. The number of hydrogen-bond acceptors (Lipinski definition) is 4. The van der Waals surface area contributed by atoms with Crippen molar-refractivity contribution >= 4 is 28.0 Å². The van der Waals surface area contributed by atoms with E-state index in [-0.39, 0.29) is 12.6 Å². The second-order valence-corrected chi connectivity index (χ2v) is 4.61. The van der Waals surface area contributed by atoms with Crippen LogP contribution < -0.4 is 5.73 Å². The van der Waals surface area contributed by atoms with Crippen LogP contribution in [0.25, 0.3) is 0 Å². The lowest BCUT2D eigenvalue weighted by molar-refractivity contribution is -0.140. The second-order valence-electron chi connectivity index (χ2n) is 3.82. The first-order valence-electron chi connectivity index (χ1n) is 6.19. The maximum absolute atomic E-state index is 10.4. The zero-order valence-electron chi connectivity index (χ0n) is 11.5. The van der Waals surface area contributed by atoms with Gasteiger partial charge in [0, 0.05) is 11.8 Å². The first-order valence-corrected chi connectivity index (χ1v) is 7.31. The van der Waals surface area contributed by atoms with Crippen molar-refractivity contribution in [3.8, 4) is 0 Å². The zero-order chi connectivity index (χ0) is 15.2. The summed E-state index contributed by atoms with van der Waals surface area (Å²) in [5.74, 6) is -0.115. The predicted octanol–water partition coefficient (Wildman–Crippen LogP) is 3.01. The minimum Gasteiger partial charge on any atom is -0.469 e. The quantitative estimate of drug-likeness (QED) is 0.488. The molecule has 1 amide bonds. The number of alkyl halides is 1. The number of methoxy groups -OCH3 is 1. The van der Waals surface area contributed by atoms with Gasteiger partial charge >= 0.3 is 12.1 Å². The van der Waals surface area contributed by atoms with Gasteiger partial charge in [0.05, 0.1) is 7.11 Å². The topological polar surface area (TPSA) is 78.6 Å². The number of rotatable bonds is 6. The minimum atomic E-state index is -0.742. The van der Waals surface area contributed by atoms with Gasteiger partial charge in [0.1, 0.15) is 6.61 Å². The lowest BCUT2D eigenvalue weighted by Crippen LogP contribution is -2.12. The largest absolute Gasteiger partial charge is 0.469 e. The van der Waals surface area contributed by atoms with E-state index in [4.69, 9.17) is 5.73 Å². The Morgan fingerprint density at radius 1 is 1.20 bits per heavy atom. The van der Waals surface area contributed by atoms with Crippen LogP contribution in [0.2, 0.25) is 0 Å². The third kappa shape index (κ3) is 11.5. The summed E-state index contributed by atoms with van der Waals surface area (Å²) < 4.78 is 9.01. The summed E-state index contributed by atoms with van der Waals surface area (Å²) in [6.07, 6.45) is 1.75. The Labute approximate surface area is 127 Å². The van der Waals surface area contributed by atoms with Gasteiger partial charge in [-0.2, -0.15) is 0 Å². The Balaban J connectivity index is 0.000000370. The molecule has 0 aliphatic carbocycles. The highest BCUT2D eigenvalue weighted by Gasteiger charge is 1.97. The highest BCUT2D eigenvalue weighted by molar-refractivity contribution is 9.09. The Hall–Kier alpha value is -1.56. The van der Waals surface area contributed by atoms with E-state index < -0.39 is 6.09 Å². The van der Waals surface area contributed by atoms with Gasteiger partial charge < -0.3 is 15.2 Å². The Morgan fingerprint density at radius 3 is 2.35 bits per heavy atom. The predicted molar refractivity (Wildman–Crippen MR) is 80.5 cm³/mol. The first kappa shape index (κ1) is 18.4. The number of primary amides is 1.